The van der Waals surface area contributed by atoms with Crippen LogP contribution >= 0.6 is 35.0 Å². The van der Waals surface area contributed by atoms with Gasteiger partial charge >= 0.3 is 5.97 Å². The Balaban J connectivity index is 1.31. The van der Waals surface area contributed by atoms with Gasteiger partial charge in [0, 0.05) is 29.4 Å². The highest BCUT2D eigenvalue weighted by Crippen LogP contribution is 2.37. The second-order valence-corrected chi connectivity index (χ2v) is 11.7. The largest absolute Gasteiger partial charge is 0.497 e. The maximum Gasteiger partial charge on any atom is 0.303 e. The van der Waals surface area contributed by atoms with E-state index in [2.05, 4.69) is 9.88 Å². The summed E-state index contributed by atoms with van der Waals surface area (Å²) in [5.74, 6) is 0.970. The van der Waals surface area contributed by atoms with Gasteiger partial charge in [-0.15, -0.1) is 11.8 Å². The standard InChI is InChI=1S/C29H33Cl2FN2O3S/c1-37-21-7-9-26-23(17-21)22(10-12-33-26)25(32)8-6-19-11-14-34(18-20(19)16-28(35)36)13-3-15-38-27-5-2-4-24(30)29(27)31/h2,4-5,7,9-10,12,17,19-20,25H,3,6,8,11,13-16,18H2,1H3,(H,35,36)/t19-,20+,25?/m1/s1. The van der Waals surface area contributed by atoms with Crippen molar-refractivity contribution in [1.29, 1.82) is 0 Å². The molecule has 1 unspecified atom stereocenters. The summed E-state index contributed by atoms with van der Waals surface area (Å²) in [6, 6.07) is 12.9. The number of carboxylic acids is 1. The zero-order valence-electron chi connectivity index (χ0n) is 21.4. The molecule has 204 valence electrons. The second kappa shape index (κ2) is 13.8. The number of halogens is 3. The van der Waals surface area contributed by atoms with Gasteiger partial charge < -0.3 is 14.7 Å². The Morgan fingerprint density at radius 2 is 2.11 bits per heavy atom. The third kappa shape index (κ3) is 7.53. The second-order valence-electron chi connectivity index (χ2n) is 9.79. The number of hydrogen-bond acceptors (Lipinski definition) is 5. The maximum atomic E-state index is 15.5. The number of nitrogens with zero attached hydrogens (tertiary/aromatic N) is 2. The van der Waals surface area contributed by atoms with Crippen LogP contribution in [0.4, 0.5) is 4.39 Å². The molecule has 0 radical (unpaired) electrons. The molecule has 2 heterocycles. The lowest BCUT2D eigenvalue weighted by Crippen LogP contribution is -2.42. The van der Waals surface area contributed by atoms with E-state index in [0.29, 0.717) is 34.2 Å². The van der Waals surface area contributed by atoms with Crippen LogP contribution in [0.3, 0.4) is 0 Å². The van der Waals surface area contributed by atoms with Crippen LogP contribution in [0.15, 0.2) is 53.6 Å². The predicted molar refractivity (Wildman–Crippen MR) is 153 cm³/mol. The number of fused-ring (bicyclic) bond motifs is 1. The van der Waals surface area contributed by atoms with E-state index in [1.807, 2.05) is 30.3 Å². The Kier molecular flexibility index (Phi) is 10.5. The number of benzene rings is 2. The molecule has 0 bridgehead atoms. The molecule has 1 aliphatic heterocycles. The lowest BCUT2D eigenvalue weighted by Gasteiger charge is -2.38. The average molecular weight is 580 g/mol. The molecule has 38 heavy (non-hydrogen) atoms. The molecule has 0 saturated carbocycles. The van der Waals surface area contributed by atoms with Gasteiger partial charge in [-0.05, 0) is 98.3 Å². The first-order valence-electron chi connectivity index (χ1n) is 12.9. The van der Waals surface area contributed by atoms with Crippen LogP contribution < -0.4 is 4.74 Å². The molecule has 1 aliphatic rings. The summed E-state index contributed by atoms with van der Waals surface area (Å²) in [6.07, 6.45) is 3.46. The monoisotopic (exact) mass is 578 g/mol. The lowest BCUT2D eigenvalue weighted by molar-refractivity contribution is -0.139. The molecule has 9 heteroatoms. The molecule has 0 amide bonds. The molecule has 0 spiro atoms. The zero-order chi connectivity index (χ0) is 27.1. The number of carbonyl (C=O) groups is 1. The first-order valence-corrected chi connectivity index (χ1v) is 14.7. The fourth-order valence-corrected chi connectivity index (χ4v) is 6.75. The van der Waals surface area contributed by atoms with Crippen molar-refractivity contribution < 1.29 is 19.0 Å². The van der Waals surface area contributed by atoms with E-state index in [1.165, 1.54) is 0 Å². The molecule has 1 N–H and O–H groups in total. The Morgan fingerprint density at radius 3 is 2.89 bits per heavy atom. The summed E-state index contributed by atoms with van der Waals surface area (Å²) in [6.45, 7) is 2.52. The van der Waals surface area contributed by atoms with Gasteiger partial charge in [-0.3, -0.25) is 9.78 Å². The quantitative estimate of drug-likeness (QED) is 0.174. The molecule has 2 aromatic carbocycles. The molecule has 3 atom stereocenters. The molecular weight excluding hydrogens is 546 g/mol. The van der Waals surface area contributed by atoms with Gasteiger partial charge in [0.15, 0.2) is 0 Å². The SMILES string of the molecule is COc1ccc2nccc(C(F)CC[C@@H]3CCN(CCCSc4cccc(Cl)c4Cl)C[C@@H]3CC(=O)O)c2c1. The van der Waals surface area contributed by atoms with Gasteiger partial charge in [0.2, 0.25) is 0 Å². The smallest absolute Gasteiger partial charge is 0.303 e. The Morgan fingerprint density at radius 1 is 1.26 bits per heavy atom. The number of carboxylic acid groups (broad SMARTS) is 1. The van der Waals surface area contributed by atoms with Gasteiger partial charge in [-0.1, -0.05) is 29.3 Å². The van der Waals surface area contributed by atoms with E-state index >= 15 is 4.39 Å². The van der Waals surface area contributed by atoms with Gasteiger partial charge in [0.05, 0.1) is 22.7 Å². The average Bonchev–Trinajstić information content (AvgIpc) is 2.91. The molecule has 4 rings (SSSR count). The fourth-order valence-electron chi connectivity index (χ4n) is 5.32. The van der Waals surface area contributed by atoms with E-state index in [-0.39, 0.29) is 18.3 Å². The molecule has 3 aromatic rings. The summed E-state index contributed by atoms with van der Waals surface area (Å²) >= 11 is 14.1. The highest BCUT2D eigenvalue weighted by molar-refractivity contribution is 7.99. The maximum absolute atomic E-state index is 15.5. The molecule has 5 nitrogen and oxygen atoms in total. The molecule has 1 aromatic heterocycles. The molecule has 1 fully saturated rings. The van der Waals surface area contributed by atoms with Crippen molar-refractivity contribution in [3.63, 3.8) is 0 Å². The summed E-state index contributed by atoms with van der Waals surface area (Å²) < 4.78 is 20.8. The van der Waals surface area contributed by atoms with Crippen LogP contribution in [0.2, 0.25) is 10.0 Å². The van der Waals surface area contributed by atoms with Crippen LogP contribution in [0.1, 0.15) is 43.8 Å². The first kappa shape index (κ1) is 28.9. The van der Waals surface area contributed by atoms with Crippen molar-refractivity contribution in [1.82, 2.24) is 9.88 Å². The third-order valence-electron chi connectivity index (χ3n) is 7.32. The van der Waals surface area contributed by atoms with Crippen molar-refractivity contribution in [2.45, 2.75) is 43.2 Å². The minimum atomic E-state index is -1.15. The van der Waals surface area contributed by atoms with E-state index in [9.17, 15) is 9.90 Å². The van der Waals surface area contributed by atoms with Crippen LogP contribution in [0, 0.1) is 11.8 Å². The number of ether oxygens (including phenoxy) is 1. The molecular formula is C29H33Cl2FN2O3S. The van der Waals surface area contributed by atoms with Gasteiger partial charge in [-0.2, -0.15) is 0 Å². The highest BCUT2D eigenvalue weighted by atomic mass is 35.5. The van der Waals surface area contributed by atoms with Crippen molar-refractivity contribution in [2.75, 3.05) is 32.5 Å². The van der Waals surface area contributed by atoms with Gasteiger partial charge in [0.1, 0.15) is 11.9 Å². The Hall–Kier alpha value is -2.06. The van der Waals surface area contributed by atoms with E-state index < -0.39 is 12.1 Å². The summed E-state index contributed by atoms with van der Waals surface area (Å²) in [4.78, 5) is 19.3. The number of piperidine rings is 1. The normalized spacial score (nSPS) is 18.9. The number of thioether (sulfide) groups is 1. The summed E-state index contributed by atoms with van der Waals surface area (Å²) in [7, 11) is 1.59. The Labute approximate surface area is 237 Å². The van der Waals surface area contributed by atoms with Gasteiger partial charge in [0.25, 0.3) is 0 Å². The first-order chi connectivity index (χ1) is 18.4. The van der Waals surface area contributed by atoms with E-state index in [0.717, 1.165) is 54.0 Å². The number of hydrogen-bond donors (Lipinski definition) is 1. The number of aliphatic carboxylic acids is 1. The van der Waals surface area contributed by atoms with Crippen LogP contribution in [0.25, 0.3) is 10.9 Å². The number of aromatic nitrogens is 1. The highest BCUT2D eigenvalue weighted by Gasteiger charge is 2.31. The summed E-state index contributed by atoms with van der Waals surface area (Å²) in [5, 5.41) is 11.4. The van der Waals surface area contributed by atoms with Gasteiger partial charge in [-0.25, -0.2) is 4.39 Å². The lowest BCUT2D eigenvalue weighted by atomic mass is 9.79. The van der Waals surface area contributed by atoms with Crippen molar-refractivity contribution >= 4 is 51.8 Å². The number of methoxy groups -OCH3 is 1. The molecule has 1 saturated heterocycles. The van der Waals surface area contributed by atoms with Crippen molar-refractivity contribution in [3.05, 3.63) is 64.3 Å². The minimum Gasteiger partial charge on any atom is -0.497 e. The van der Waals surface area contributed by atoms with Crippen LogP contribution in [-0.2, 0) is 4.79 Å². The number of rotatable bonds is 12. The molecule has 0 aliphatic carbocycles. The third-order valence-corrected chi connectivity index (χ3v) is 9.39. The number of pyridine rings is 1. The number of alkyl halides is 1. The van der Waals surface area contributed by atoms with Crippen molar-refractivity contribution in [2.24, 2.45) is 11.8 Å². The fraction of sp³-hybridized carbons (Fsp3) is 0.448. The zero-order valence-corrected chi connectivity index (χ0v) is 23.7. The van der Waals surface area contributed by atoms with Crippen molar-refractivity contribution in [3.8, 4) is 5.75 Å². The van der Waals surface area contributed by atoms with Crippen LogP contribution in [0.5, 0.6) is 5.75 Å². The minimum absolute atomic E-state index is 0.0118. The Bertz CT molecular complexity index is 1250. The van der Waals surface area contributed by atoms with Crippen LogP contribution in [-0.4, -0.2) is 53.5 Å². The predicted octanol–water partition coefficient (Wildman–Crippen LogP) is 7.94. The van der Waals surface area contributed by atoms with E-state index in [1.54, 1.807) is 37.2 Å². The topological polar surface area (TPSA) is 62.7 Å². The van der Waals surface area contributed by atoms with E-state index in [4.69, 9.17) is 27.9 Å². The summed E-state index contributed by atoms with van der Waals surface area (Å²) in [5.41, 5.74) is 1.34. The number of likely N-dealkylation sites (tertiary alicyclic amines) is 1.